The molecule has 1 N–H and O–H groups in total. The quantitative estimate of drug-likeness (QED) is 0.809. The molecule has 0 aliphatic heterocycles. The van der Waals surface area contributed by atoms with E-state index in [1.54, 1.807) is 38.2 Å². The van der Waals surface area contributed by atoms with E-state index in [0.717, 1.165) is 0 Å². The number of carbonyl (C=O) groups is 3. The van der Waals surface area contributed by atoms with Crippen molar-refractivity contribution in [3.63, 3.8) is 0 Å². The molecule has 1 rings (SSSR count). The average molecular weight is 292 g/mol. The number of amides is 2. The SMILES string of the molecule is CCOC(=O)CCN(C)C(=O)c1cccc(NC(C)=O)c1. The number of nitrogens with one attached hydrogen (secondary N) is 1. The molecule has 1 aromatic rings. The Labute approximate surface area is 124 Å². The summed E-state index contributed by atoms with van der Waals surface area (Å²) in [5.74, 6) is -0.745. The lowest BCUT2D eigenvalue weighted by Crippen LogP contribution is -2.29. The minimum atomic E-state index is -0.329. The monoisotopic (exact) mass is 292 g/mol. The number of hydrogen-bond acceptors (Lipinski definition) is 4. The van der Waals surface area contributed by atoms with Gasteiger partial charge in [-0.3, -0.25) is 14.4 Å². The first kappa shape index (κ1) is 16.7. The summed E-state index contributed by atoms with van der Waals surface area (Å²) in [7, 11) is 1.62. The van der Waals surface area contributed by atoms with Crippen molar-refractivity contribution in [1.82, 2.24) is 4.90 Å². The lowest BCUT2D eigenvalue weighted by molar-refractivity contribution is -0.143. The smallest absolute Gasteiger partial charge is 0.307 e. The van der Waals surface area contributed by atoms with Gasteiger partial charge in [0.25, 0.3) is 5.91 Å². The summed E-state index contributed by atoms with van der Waals surface area (Å²) < 4.78 is 4.82. The van der Waals surface area contributed by atoms with Gasteiger partial charge in [0.1, 0.15) is 0 Å². The second-order valence-corrected chi connectivity index (χ2v) is 4.54. The molecule has 0 fully saturated rings. The van der Waals surface area contributed by atoms with Crippen molar-refractivity contribution in [2.45, 2.75) is 20.3 Å². The fourth-order valence-electron chi connectivity index (χ4n) is 1.75. The molecule has 0 aromatic heterocycles. The van der Waals surface area contributed by atoms with Crippen LogP contribution in [0.2, 0.25) is 0 Å². The second-order valence-electron chi connectivity index (χ2n) is 4.54. The van der Waals surface area contributed by atoms with E-state index in [0.29, 0.717) is 17.9 Å². The first-order valence-corrected chi connectivity index (χ1v) is 6.72. The highest BCUT2D eigenvalue weighted by Gasteiger charge is 2.14. The lowest BCUT2D eigenvalue weighted by atomic mass is 10.1. The van der Waals surface area contributed by atoms with Gasteiger partial charge in [-0.05, 0) is 25.1 Å². The molecular formula is C15H20N2O4. The number of rotatable bonds is 6. The van der Waals surface area contributed by atoms with Crippen LogP contribution in [0.15, 0.2) is 24.3 Å². The van der Waals surface area contributed by atoms with Crippen LogP contribution in [0.4, 0.5) is 5.69 Å². The van der Waals surface area contributed by atoms with E-state index in [2.05, 4.69) is 5.32 Å². The third-order valence-corrected chi connectivity index (χ3v) is 2.73. The highest BCUT2D eigenvalue weighted by molar-refractivity contribution is 5.96. The maximum Gasteiger partial charge on any atom is 0.307 e. The van der Waals surface area contributed by atoms with E-state index in [1.165, 1.54) is 11.8 Å². The van der Waals surface area contributed by atoms with Gasteiger partial charge in [0.15, 0.2) is 0 Å². The summed E-state index contributed by atoms with van der Waals surface area (Å²) in [4.78, 5) is 35.9. The van der Waals surface area contributed by atoms with Crippen LogP contribution in [0.5, 0.6) is 0 Å². The van der Waals surface area contributed by atoms with Crippen molar-refractivity contribution < 1.29 is 19.1 Å². The van der Waals surface area contributed by atoms with E-state index < -0.39 is 0 Å². The van der Waals surface area contributed by atoms with Crippen molar-refractivity contribution in [2.24, 2.45) is 0 Å². The van der Waals surface area contributed by atoms with Gasteiger partial charge in [0, 0.05) is 31.8 Å². The molecule has 0 saturated carbocycles. The molecule has 0 bridgehead atoms. The van der Waals surface area contributed by atoms with Crippen LogP contribution in [0, 0.1) is 0 Å². The third kappa shape index (κ3) is 5.64. The van der Waals surface area contributed by atoms with Crippen LogP contribution in [0.1, 0.15) is 30.6 Å². The second kappa shape index (κ2) is 8.04. The largest absolute Gasteiger partial charge is 0.466 e. The Balaban J connectivity index is 2.65. The molecule has 2 amide bonds. The van der Waals surface area contributed by atoms with Crippen molar-refractivity contribution in [2.75, 3.05) is 25.5 Å². The minimum absolute atomic E-state index is 0.154. The van der Waals surface area contributed by atoms with Crippen LogP contribution in [0.25, 0.3) is 0 Å². The molecule has 0 heterocycles. The van der Waals surface area contributed by atoms with Crippen LogP contribution in [-0.2, 0) is 14.3 Å². The van der Waals surface area contributed by atoms with E-state index in [4.69, 9.17) is 4.74 Å². The van der Waals surface area contributed by atoms with Crippen molar-refractivity contribution in [3.05, 3.63) is 29.8 Å². The number of hydrogen-bond donors (Lipinski definition) is 1. The number of benzene rings is 1. The van der Waals surface area contributed by atoms with E-state index >= 15 is 0 Å². The van der Waals surface area contributed by atoms with Gasteiger partial charge in [0.2, 0.25) is 5.91 Å². The van der Waals surface area contributed by atoms with E-state index in [-0.39, 0.29) is 30.7 Å². The Morgan fingerprint density at radius 3 is 2.62 bits per heavy atom. The van der Waals surface area contributed by atoms with E-state index in [1.807, 2.05) is 0 Å². The van der Waals surface area contributed by atoms with Crippen molar-refractivity contribution >= 4 is 23.5 Å². The van der Waals surface area contributed by atoms with Crippen LogP contribution in [-0.4, -0.2) is 42.9 Å². The molecule has 114 valence electrons. The Kier molecular flexibility index (Phi) is 6.39. The Morgan fingerprint density at radius 1 is 1.29 bits per heavy atom. The molecule has 0 radical (unpaired) electrons. The predicted molar refractivity (Wildman–Crippen MR) is 79.0 cm³/mol. The highest BCUT2D eigenvalue weighted by atomic mass is 16.5. The molecule has 6 nitrogen and oxygen atoms in total. The Hall–Kier alpha value is -2.37. The fraction of sp³-hybridized carbons (Fsp3) is 0.400. The fourth-order valence-corrected chi connectivity index (χ4v) is 1.75. The summed E-state index contributed by atoms with van der Waals surface area (Å²) in [6, 6.07) is 6.66. The maximum absolute atomic E-state index is 12.2. The van der Waals surface area contributed by atoms with Gasteiger partial charge in [0.05, 0.1) is 13.0 Å². The van der Waals surface area contributed by atoms with Crippen molar-refractivity contribution in [3.8, 4) is 0 Å². The molecule has 6 heteroatoms. The molecule has 21 heavy (non-hydrogen) atoms. The highest BCUT2D eigenvalue weighted by Crippen LogP contribution is 2.12. The number of carbonyl (C=O) groups excluding carboxylic acids is 3. The zero-order valence-corrected chi connectivity index (χ0v) is 12.5. The molecule has 0 spiro atoms. The van der Waals surface area contributed by atoms with Gasteiger partial charge in [-0.25, -0.2) is 0 Å². The first-order valence-electron chi connectivity index (χ1n) is 6.72. The molecule has 0 aliphatic carbocycles. The number of anilines is 1. The molecular weight excluding hydrogens is 272 g/mol. The Bertz CT molecular complexity index is 528. The molecule has 1 aromatic carbocycles. The summed E-state index contributed by atoms with van der Waals surface area (Å²) in [5.41, 5.74) is 1.01. The van der Waals surface area contributed by atoms with Crippen LogP contribution in [0.3, 0.4) is 0 Å². The Morgan fingerprint density at radius 2 is 2.00 bits per heavy atom. The lowest BCUT2D eigenvalue weighted by Gasteiger charge is -2.17. The van der Waals surface area contributed by atoms with Gasteiger partial charge in [-0.1, -0.05) is 6.07 Å². The van der Waals surface area contributed by atoms with Crippen LogP contribution < -0.4 is 5.32 Å². The zero-order chi connectivity index (χ0) is 15.8. The summed E-state index contributed by atoms with van der Waals surface area (Å²) in [5, 5.41) is 2.62. The topological polar surface area (TPSA) is 75.7 Å². The van der Waals surface area contributed by atoms with E-state index in [9.17, 15) is 14.4 Å². The normalized spacial score (nSPS) is 9.86. The summed E-state index contributed by atoms with van der Waals surface area (Å²) in [6.07, 6.45) is 0.154. The van der Waals surface area contributed by atoms with Gasteiger partial charge in [-0.15, -0.1) is 0 Å². The number of nitrogens with zero attached hydrogens (tertiary/aromatic N) is 1. The predicted octanol–water partition coefficient (Wildman–Crippen LogP) is 1.67. The summed E-state index contributed by atoms with van der Waals surface area (Å²) >= 11 is 0. The standard InChI is InChI=1S/C15H20N2O4/c1-4-21-14(19)8-9-17(3)15(20)12-6-5-7-13(10-12)16-11(2)18/h5-7,10H,4,8-9H2,1-3H3,(H,16,18). The van der Waals surface area contributed by atoms with Crippen LogP contribution >= 0.6 is 0 Å². The average Bonchev–Trinajstić information content (AvgIpc) is 2.44. The van der Waals surface area contributed by atoms with Gasteiger partial charge >= 0.3 is 5.97 Å². The molecule has 0 atom stereocenters. The maximum atomic E-state index is 12.2. The molecule has 0 unspecified atom stereocenters. The third-order valence-electron chi connectivity index (χ3n) is 2.73. The number of ether oxygens (including phenoxy) is 1. The zero-order valence-electron chi connectivity index (χ0n) is 12.5. The first-order chi connectivity index (χ1) is 9.93. The van der Waals surface area contributed by atoms with Gasteiger partial charge in [-0.2, -0.15) is 0 Å². The summed E-state index contributed by atoms with van der Waals surface area (Å²) in [6.45, 7) is 3.75. The van der Waals surface area contributed by atoms with Crippen molar-refractivity contribution in [1.29, 1.82) is 0 Å². The molecule has 0 saturated heterocycles. The minimum Gasteiger partial charge on any atom is -0.466 e. The molecule has 0 aliphatic rings. The number of esters is 1. The van der Waals surface area contributed by atoms with Gasteiger partial charge < -0.3 is 15.0 Å².